The molecule has 1 fully saturated rings. The zero-order valence-corrected chi connectivity index (χ0v) is 14.9. The first-order valence-corrected chi connectivity index (χ1v) is 8.48. The van der Waals surface area contributed by atoms with Gasteiger partial charge in [0, 0.05) is 29.2 Å². The lowest BCUT2D eigenvalue weighted by Gasteiger charge is -2.16. The highest BCUT2D eigenvalue weighted by Crippen LogP contribution is 2.26. The third-order valence-corrected chi connectivity index (χ3v) is 4.51. The average Bonchev–Trinajstić information content (AvgIpc) is 3.05. The van der Waals surface area contributed by atoms with Crippen molar-refractivity contribution < 1.29 is 14.3 Å². The van der Waals surface area contributed by atoms with Crippen LogP contribution < -0.4 is 15.1 Å². The molecular formula is C19H18ClN3O3. The molecule has 1 atom stereocenters. The number of hydrazone groups is 1. The van der Waals surface area contributed by atoms with Crippen LogP contribution in [-0.2, 0) is 9.59 Å². The van der Waals surface area contributed by atoms with Gasteiger partial charge < -0.3 is 9.64 Å². The Morgan fingerprint density at radius 3 is 2.69 bits per heavy atom. The number of nitrogens with zero attached hydrogens (tertiary/aromatic N) is 2. The molecule has 6 nitrogen and oxygen atoms in total. The smallest absolute Gasteiger partial charge is 0.245 e. The number of carbonyl (C=O) groups is 2. The maximum Gasteiger partial charge on any atom is 0.245 e. The van der Waals surface area contributed by atoms with Crippen LogP contribution in [0.5, 0.6) is 5.75 Å². The van der Waals surface area contributed by atoms with Crippen molar-refractivity contribution in [1.82, 2.24) is 5.43 Å². The molecule has 26 heavy (non-hydrogen) atoms. The fraction of sp³-hybridized carbons (Fsp3) is 0.211. The molecule has 1 saturated heterocycles. The Hall–Kier alpha value is -2.86. The standard InChI is InChI=1S/C19H18ClN3O3/c1-26-16-8-6-15(7-9-16)23-12-14(10-18(23)24)19(25)22-21-11-13-4-2-3-5-17(13)20/h2-9,11,14H,10,12H2,1H3,(H,22,25)/b21-11+. The molecule has 0 aromatic heterocycles. The van der Waals surface area contributed by atoms with Gasteiger partial charge >= 0.3 is 0 Å². The molecule has 2 aromatic carbocycles. The van der Waals surface area contributed by atoms with Gasteiger partial charge in [0.1, 0.15) is 5.75 Å². The number of rotatable bonds is 5. The number of nitrogens with one attached hydrogen (secondary N) is 1. The van der Waals surface area contributed by atoms with E-state index in [9.17, 15) is 9.59 Å². The van der Waals surface area contributed by atoms with Crippen LogP contribution in [0.1, 0.15) is 12.0 Å². The molecule has 1 aliphatic heterocycles. The van der Waals surface area contributed by atoms with Gasteiger partial charge in [0.15, 0.2) is 0 Å². The lowest BCUT2D eigenvalue weighted by molar-refractivity contribution is -0.126. The molecule has 1 heterocycles. The number of hydrogen-bond donors (Lipinski definition) is 1. The molecule has 2 amide bonds. The van der Waals surface area contributed by atoms with E-state index < -0.39 is 5.92 Å². The van der Waals surface area contributed by atoms with Crippen molar-refractivity contribution in [3.8, 4) is 5.75 Å². The lowest BCUT2D eigenvalue weighted by atomic mass is 10.1. The van der Waals surface area contributed by atoms with E-state index in [1.807, 2.05) is 12.1 Å². The Balaban J connectivity index is 1.60. The van der Waals surface area contributed by atoms with E-state index in [-0.39, 0.29) is 18.2 Å². The minimum atomic E-state index is -0.451. The zero-order chi connectivity index (χ0) is 18.5. The van der Waals surface area contributed by atoms with Gasteiger partial charge in [-0.15, -0.1) is 0 Å². The number of anilines is 1. The normalized spacial score (nSPS) is 16.9. The van der Waals surface area contributed by atoms with Crippen LogP contribution in [0, 0.1) is 5.92 Å². The summed E-state index contributed by atoms with van der Waals surface area (Å²) in [5.74, 6) is -0.125. The quantitative estimate of drug-likeness (QED) is 0.649. The van der Waals surface area contributed by atoms with Gasteiger partial charge in [-0.05, 0) is 30.3 Å². The molecule has 2 aromatic rings. The van der Waals surface area contributed by atoms with Crippen molar-refractivity contribution in [2.45, 2.75) is 6.42 Å². The van der Waals surface area contributed by atoms with Crippen molar-refractivity contribution in [3.63, 3.8) is 0 Å². The first-order chi connectivity index (χ1) is 12.6. The number of benzene rings is 2. The summed E-state index contributed by atoms with van der Waals surface area (Å²) >= 11 is 6.03. The van der Waals surface area contributed by atoms with Crippen molar-refractivity contribution in [3.05, 3.63) is 59.1 Å². The van der Waals surface area contributed by atoms with E-state index in [1.165, 1.54) is 6.21 Å². The van der Waals surface area contributed by atoms with E-state index >= 15 is 0 Å². The molecule has 0 saturated carbocycles. The topological polar surface area (TPSA) is 71.0 Å². The molecule has 134 valence electrons. The summed E-state index contributed by atoms with van der Waals surface area (Å²) in [6.07, 6.45) is 1.64. The molecule has 1 aliphatic rings. The number of carbonyl (C=O) groups excluding carboxylic acids is 2. The van der Waals surface area contributed by atoms with Crippen molar-refractivity contribution in [2.24, 2.45) is 11.0 Å². The zero-order valence-electron chi connectivity index (χ0n) is 14.2. The minimum absolute atomic E-state index is 0.0922. The van der Waals surface area contributed by atoms with Crippen LogP contribution in [0.15, 0.2) is 53.6 Å². The Bertz CT molecular complexity index is 836. The number of ether oxygens (including phenoxy) is 1. The van der Waals surface area contributed by atoms with E-state index in [2.05, 4.69) is 10.5 Å². The second-order valence-corrected chi connectivity index (χ2v) is 6.27. The number of amides is 2. The molecule has 0 aliphatic carbocycles. The summed E-state index contributed by atoms with van der Waals surface area (Å²) in [5, 5.41) is 4.49. The van der Waals surface area contributed by atoms with Gasteiger partial charge in [0.25, 0.3) is 0 Å². The largest absolute Gasteiger partial charge is 0.497 e. The number of hydrogen-bond acceptors (Lipinski definition) is 4. The Kier molecular flexibility index (Phi) is 5.53. The molecule has 1 N–H and O–H groups in total. The molecule has 1 unspecified atom stereocenters. The first kappa shape index (κ1) is 17.9. The number of methoxy groups -OCH3 is 1. The summed E-state index contributed by atoms with van der Waals surface area (Å²) in [5.41, 5.74) is 3.93. The highest BCUT2D eigenvalue weighted by Gasteiger charge is 2.35. The predicted molar refractivity (Wildman–Crippen MR) is 101 cm³/mol. The van der Waals surface area contributed by atoms with Crippen LogP contribution in [0.25, 0.3) is 0 Å². The van der Waals surface area contributed by atoms with Crippen LogP contribution in [0.4, 0.5) is 5.69 Å². The third kappa shape index (κ3) is 4.03. The third-order valence-electron chi connectivity index (χ3n) is 4.16. The van der Waals surface area contributed by atoms with E-state index in [4.69, 9.17) is 16.3 Å². The average molecular weight is 372 g/mol. The molecule has 7 heteroatoms. The molecule has 0 spiro atoms. The van der Waals surface area contributed by atoms with Gasteiger partial charge in [0.05, 0.1) is 19.2 Å². The van der Waals surface area contributed by atoms with E-state index in [0.717, 1.165) is 5.69 Å². The van der Waals surface area contributed by atoms with Crippen molar-refractivity contribution >= 4 is 35.3 Å². The fourth-order valence-electron chi connectivity index (χ4n) is 2.73. The predicted octanol–water partition coefficient (Wildman–Crippen LogP) is 2.85. The summed E-state index contributed by atoms with van der Waals surface area (Å²) in [6.45, 7) is 0.318. The van der Waals surface area contributed by atoms with E-state index in [1.54, 1.807) is 48.4 Å². The molecule has 0 bridgehead atoms. The maximum atomic E-state index is 12.3. The van der Waals surface area contributed by atoms with Crippen LogP contribution >= 0.6 is 11.6 Å². The monoisotopic (exact) mass is 371 g/mol. The first-order valence-electron chi connectivity index (χ1n) is 8.10. The highest BCUT2D eigenvalue weighted by molar-refractivity contribution is 6.33. The van der Waals surface area contributed by atoms with Gasteiger partial charge in [-0.1, -0.05) is 29.8 Å². The highest BCUT2D eigenvalue weighted by atomic mass is 35.5. The van der Waals surface area contributed by atoms with Crippen molar-refractivity contribution in [2.75, 3.05) is 18.6 Å². The van der Waals surface area contributed by atoms with Gasteiger partial charge in [-0.2, -0.15) is 5.10 Å². The van der Waals surface area contributed by atoms with Gasteiger partial charge in [-0.3, -0.25) is 9.59 Å². The van der Waals surface area contributed by atoms with Crippen molar-refractivity contribution in [1.29, 1.82) is 0 Å². The Morgan fingerprint density at radius 1 is 1.27 bits per heavy atom. The second-order valence-electron chi connectivity index (χ2n) is 5.86. The minimum Gasteiger partial charge on any atom is -0.497 e. The SMILES string of the molecule is COc1ccc(N2CC(C(=O)N/N=C/c3ccccc3Cl)CC2=O)cc1. The van der Waals surface area contributed by atoms with Gasteiger partial charge in [0.2, 0.25) is 11.8 Å². The van der Waals surface area contributed by atoms with E-state index in [0.29, 0.717) is 22.9 Å². The maximum absolute atomic E-state index is 12.3. The Labute approximate surface area is 156 Å². The molecular weight excluding hydrogens is 354 g/mol. The summed E-state index contributed by atoms with van der Waals surface area (Å²) in [4.78, 5) is 26.1. The molecule has 0 radical (unpaired) electrons. The summed E-state index contributed by atoms with van der Waals surface area (Å²) in [6, 6.07) is 14.3. The van der Waals surface area contributed by atoms with Crippen LogP contribution in [0.2, 0.25) is 5.02 Å². The van der Waals surface area contributed by atoms with Gasteiger partial charge in [-0.25, -0.2) is 5.43 Å². The lowest BCUT2D eigenvalue weighted by Crippen LogP contribution is -2.30. The fourth-order valence-corrected chi connectivity index (χ4v) is 2.92. The van der Waals surface area contributed by atoms with Crippen LogP contribution in [-0.4, -0.2) is 31.7 Å². The Morgan fingerprint density at radius 2 is 2.00 bits per heavy atom. The summed E-state index contributed by atoms with van der Waals surface area (Å²) in [7, 11) is 1.58. The van der Waals surface area contributed by atoms with Crippen LogP contribution in [0.3, 0.4) is 0 Å². The second kappa shape index (κ2) is 8.01. The summed E-state index contributed by atoms with van der Waals surface area (Å²) < 4.78 is 5.11. The molecule has 3 rings (SSSR count). The number of halogens is 1.